The zero-order valence-electron chi connectivity index (χ0n) is 7.62. The Morgan fingerprint density at radius 1 is 1.00 bits per heavy atom. The molecule has 0 aromatic heterocycles. The van der Waals surface area contributed by atoms with E-state index in [1.54, 1.807) is 0 Å². The van der Waals surface area contributed by atoms with Crippen molar-refractivity contribution in [2.45, 2.75) is 25.2 Å². The van der Waals surface area contributed by atoms with Gasteiger partial charge in [0.1, 0.15) is 0 Å². The van der Waals surface area contributed by atoms with Crippen LogP contribution >= 0.6 is 18.5 Å². The molecule has 2 heteroatoms. The maximum absolute atomic E-state index is 2.82. The molecule has 0 aliphatic carbocycles. The lowest BCUT2D eigenvalue weighted by molar-refractivity contribution is 1.05. The highest BCUT2D eigenvalue weighted by Crippen LogP contribution is 2.27. The van der Waals surface area contributed by atoms with E-state index in [1.807, 2.05) is 0 Å². The van der Waals surface area contributed by atoms with Gasteiger partial charge in [-0.2, -0.15) is 0 Å². The van der Waals surface area contributed by atoms with E-state index in [-0.39, 0.29) is 0 Å². The van der Waals surface area contributed by atoms with E-state index in [2.05, 4.69) is 56.6 Å². The first-order valence-electron chi connectivity index (χ1n) is 4.22. The van der Waals surface area contributed by atoms with E-state index < -0.39 is 0 Å². The van der Waals surface area contributed by atoms with E-state index in [0.717, 1.165) is 0 Å². The number of rotatable bonds is 2. The molecule has 0 bridgehead atoms. The third kappa shape index (κ3) is 2.54. The Bertz CT molecular complexity index is 231. The topological polar surface area (TPSA) is 0 Å². The summed E-state index contributed by atoms with van der Waals surface area (Å²) in [5.41, 5.74) is 3.89. The highest BCUT2D eigenvalue weighted by Gasteiger charge is 2.02. The van der Waals surface area contributed by atoms with Crippen molar-refractivity contribution in [3.63, 3.8) is 0 Å². The second-order valence-corrected chi connectivity index (χ2v) is 5.25. The fraction of sp³-hybridized carbons (Fsp3) is 0.400. The lowest BCUT2D eigenvalue weighted by Gasteiger charge is -2.09. The molecule has 12 heavy (non-hydrogen) atoms. The predicted molar refractivity (Wildman–Crippen MR) is 62.7 cm³/mol. The van der Waals surface area contributed by atoms with Crippen LogP contribution in [0.25, 0.3) is 0 Å². The SMILES string of the molecule is CC(P)c1cccc(C(C)P)c1. The smallest absolute Gasteiger partial charge is 0.00427 e. The molecule has 0 spiro atoms. The molecular weight excluding hydrogens is 182 g/mol. The Morgan fingerprint density at radius 3 is 1.75 bits per heavy atom. The zero-order chi connectivity index (χ0) is 9.14. The molecular formula is C10H16P2. The predicted octanol–water partition coefficient (Wildman–Crippen LogP) is 3.56. The molecule has 0 saturated heterocycles. The summed E-state index contributed by atoms with van der Waals surface area (Å²) in [6, 6.07) is 8.75. The van der Waals surface area contributed by atoms with Gasteiger partial charge in [-0.15, -0.1) is 18.5 Å². The molecule has 0 N–H and O–H groups in total. The fourth-order valence-corrected chi connectivity index (χ4v) is 1.54. The van der Waals surface area contributed by atoms with E-state index in [4.69, 9.17) is 0 Å². The molecule has 0 heterocycles. The average Bonchev–Trinajstić information content (AvgIpc) is 2.04. The normalized spacial score (nSPS) is 15.7. The summed E-state index contributed by atoms with van der Waals surface area (Å²) in [6.07, 6.45) is 0. The van der Waals surface area contributed by atoms with E-state index in [0.29, 0.717) is 11.3 Å². The Balaban J connectivity index is 2.96. The lowest BCUT2D eigenvalue weighted by Crippen LogP contribution is -1.88. The van der Waals surface area contributed by atoms with E-state index in [1.165, 1.54) is 11.1 Å². The third-order valence-electron chi connectivity index (χ3n) is 1.96. The van der Waals surface area contributed by atoms with Gasteiger partial charge in [0.25, 0.3) is 0 Å². The van der Waals surface area contributed by atoms with Crippen molar-refractivity contribution in [1.82, 2.24) is 0 Å². The summed E-state index contributed by atoms with van der Waals surface area (Å²) >= 11 is 0. The van der Waals surface area contributed by atoms with Crippen LogP contribution in [-0.2, 0) is 0 Å². The van der Waals surface area contributed by atoms with Gasteiger partial charge in [0.05, 0.1) is 0 Å². The van der Waals surface area contributed by atoms with Crippen LogP contribution in [0.15, 0.2) is 24.3 Å². The summed E-state index contributed by atoms with van der Waals surface area (Å²) in [5, 5.41) is 0. The maximum Gasteiger partial charge on any atom is -0.00427 e. The van der Waals surface area contributed by atoms with Gasteiger partial charge in [0, 0.05) is 0 Å². The summed E-state index contributed by atoms with van der Waals surface area (Å²) in [4.78, 5) is 0. The minimum Gasteiger partial charge on any atom is -0.130 e. The van der Waals surface area contributed by atoms with Crippen molar-refractivity contribution < 1.29 is 0 Å². The number of hydrogen-bond donors (Lipinski definition) is 0. The fourth-order valence-electron chi connectivity index (χ4n) is 1.13. The first-order valence-corrected chi connectivity index (χ1v) is 5.55. The molecule has 4 atom stereocenters. The largest absolute Gasteiger partial charge is 0.130 e. The van der Waals surface area contributed by atoms with Gasteiger partial charge in [-0.1, -0.05) is 38.1 Å². The second-order valence-electron chi connectivity index (χ2n) is 3.25. The van der Waals surface area contributed by atoms with Gasteiger partial charge in [0.15, 0.2) is 0 Å². The van der Waals surface area contributed by atoms with E-state index >= 15 is 0 Å². The maximum atomic E-state index is 2.82. The summed E-state index contributed by atoms with van der Waals surface area (Å²) < 4.78 is 0. The van der Waals surface area contributed by atoms with Crippen molar-refractivity contribution in [3.8, 4) is 0 Å². The standard InChI is InChI=1S/C10H16P2/c1-7(11)9-4-3-5-10(6-9)8(2)12/h3-8H,11-12H2,1-2H3. The molecule has 0 fully saturated rings. The molecule has 66 valence electrons. The number of hydrogen-bond acceptors (Lipinski definition) is 0. The number of benzene rings is 1. The molecule has 0 aliphatic rings. The highest BCUT2D eigenvalue weighted by molar-refractivity contribution is 7.17. The van der Waals surface area contributed by atoms with Crippen molar-refractivity contribution in [2.24, 2.45) is 0 Å². The Hall–Kier alpha value is 0.0800. The van der Waals surface area contributed by atoms with Gasteiger partial charge in [-0.3, -0.25) is 0 Å². The lowest BCUT2D eigenvalue weighted by atomic mass is 10.1. The van der Waals surface area contributed by atoms with Crippen molar-refractivity contribution in [3.05, 3.63) is 35.4 Å². The van der Waals surface area contributed by atoms with Crippen molar-refractivity contribution in [2.75, 3.05) is 0 Å². The van der Waals surface area contributed by atoms with Crippen LogP contribution < -0.4 is 0 Å². The first-order chi connectivity index (χ1) is 5.61. The van der Waals surface area contributed by atoms with Crippen LogP contribution in [0.2, 0.25) is 0 Å². The third-order valence-corrected chi connectivity index (χ3v) is 2.73. The molecule has 4 unspecified atom stereocenters. The summed E-state index contributed by atoms with van der Waals surface area (Å²) in [7, 11) is 5.64. The van der Waals surface area contributed by atoms with Gasteiger partial charge in [0.2, 0.25) is 0 Å². The molecule has 0 aliphatic heterocycles. The summed E-state index contributed by atoms with van der Waals surface area (Å²) in [5.74, 6) is 0. The average molecular weight is 198 g/mol. The van der Waals surface area contributed by atoms with Crippen LogP contribution in [0.4, 0.5) is 0 Å². The van der Waals surface area contributed by atoms with Crippen LogP contribution in [0.1, 0.15) is 36.3 Å². The molecule has 0 amide bonds. The summed E-state index contributed by atoms with van der Waals surface area (Å²) in [6.45, 7) is 4.38. The van der Waals surface area contributed by atoms with Crippen molar-refractivity contribution >= 4 is 18.5 Å². The highest BCUT2D eigenvalue weighted by atomic mass is 31.0. The Kier molecular flexibility index (Phi) is 3.69. The van der Waals surface area contributed by atoms with E-state index in [9.17, 15) is 0 Å². The van der Waals surface area contributed by atoms with Gasteiger partial charge < -0.3 is 0 Å². The minimum atomic E-state index is 0.550. The molecule has 1 aromatic rings. The van der Waals surface area contributed by atoms with Gasteiger partial charge >= 0.3 is 0 Å². The zero-order valence-corrected chi connectivity index (χ0v) is 9.93. The molecule has 0 saturated carbocycles. The second kappa shape index (κ2) is 4.35. The van der Waals surface area contributed by atoms with Crippen LogP contribution in [0.5, 0.6) is 0 Å². The van der Waals surface area contributed by atoms with Gasteiger partial charge in [-0.25, -0.2) is 0 Å². The first kappa shape index (κ1) is 10.2. The van der Waals surface area contributed by atoms with Crippen LogP contribution in [0, 0.1) is 0 Å². The monoisotopic (exact) mass is 198 g/mol. The molecule has 1 aromatic carbocycles. The molecule has 1 rings (SSSR count). The molecule has 0 radical (unpaired) electrons. The molecule has 0 nitrogen and oxygen atoms in total. The van der Waals surface area contributed by atoms with Crippen LogP contribution in [-0.4, -0.2) is 0 Å². The van der Waals surface area contributed by atoms with Gasteiger partial charge in [-0.05, 0) is 22.4 Å². The Labute approximate surface area is 79.6 Å². The van der Waals surface area contributed by atoms with Crippen molar-refractivity contribution in [1.29, 1.82) is 0 Å². The van der Waals surface area contributed by atoms with Crippen LogP contribution in [0.3, 0.4) is 0 Å². The Morgan fingerprint density at radius 2 is 1.42 bits per heavy atom. The quantitative estimate of drug-likeness (QED) is 0.637. The minimum absolute atomic E-state index is 0.550.